The third kappa shape index (κ3) is 5.83. The number of hydrogen-bond acceptors (Lipinski definition) is 3. The van der Waals surface area contributed by atoms with Crippen LogP contribution in [-0.2, 0) is 21.1 Å². The minimum absolute atomic E-state index is 0. The Balaban J connectivity index is 0.000000247. The van der Waals surface area contributed by atoms with E-state index in [1.54, 1.807) is 18.5 Å². The van der Waals surface area contributed by atoms with E-state index in [4.69, 9.17) is 5.11 Å². The summed E-state index contributed by atoms with van der Waals surface area (Å²) in [5.74, 6) is -0.875. The molecule has 0 fully saturated rings. The maximum atomic E-state index is 12.1. The SMILES string of the molecule is Oc1ccccc1F.[Pt].[c-]1c(-c2ccccn2)cccc1-c1ccccn1. The average molecular weight is 538 g/mol. The van der Waals surface area contributed by atoms with Gasteiger partial charge in [-0.05, 0) is 24.3 Å². The quantitative estimate of drug-likeness (QED) is 0.360. The van der Waals surface area contributed by atoms with Crippen LogP contribution in [0.3, 0.4) is 0 Å². The van der Waals surface area contributed by atoms with Gasteiger partial charge >= 0.3 is 0 Å². The summed E-state index contributed by atoms with van der Waals surface area (Å²) in [5, 5.41) is 8.54. The number of rotatable bonds is 2. The maximum Gasteiger partial charge on any atom is 0.164 e. The largest absolute Gasteiger partial charge is 0.505 e. The second-order valence-corrected chi connectivity index (χ2v) is 5.36. The van der Waals surface area contributed by atoms with Gasteiger partial charge in [0.2, 0.25) is 0 Å². The van der Waals surface area contributed by atoms with Crippen LogP contribution in [-0.4, -0.2) is 15.1 Å². The molecule has 4 aromatic rings. The van der Waals surface area contributed by atoms with Crippen molar-refractivity contribution in [2.24, 2.45) is 0 Å². The molecule has 0 aliphatic rings. The first-order valence-electron chi connectivity index (χ1n) is 8.02. The van der Waals surface area contributed by atoms with E-state index in [0.29, 0.717) is 0 Å². The fourth-order valence-corrected chi connectivity index (χ4v) is 2.26. The first-order chi connectivity index (χ1) is 12.7. The van der Waals surface area contributed by atoms with E-state index >= 15 is 0 Å². The number of phenols is 1. The molecule has 27 heavy (non-hydrogen) atoms. The van der Waals surface area contributed by atoms with Gasteiger partial charge in [0.1, 0.15) is 0 Å². The third-order valence-electron chi connectivity index (χ3n) is 3.53. The van der Waals surface area contributed by atoms with Crippen molar-refractivity contribution in [1.29, 1.82) is 0 Å². The molecule has 0 unspecified atom stereocenters. The summed E-state index contributed by atoms with van der Waals surface area (Å²) in [6.45, 7) is 0. The van der Waals surface area contributed by atoms with Gasteiger partial charge < -0.3 is 5.11 Å². The van der Waals surface area contributed by atoms with E-state index in [9.17, 15) is 4.39 Å². The molecule has 2 aromatic carbocycles. The Morgan fingerprint density at radius 2 is 1.19 bits per heavy atom. The van der Waals surface area contributed by atoms with E-state index in [0.717, 1.165) is 22.5 Å². The van der Waals surface area contributed by atoms with Crippen LogP contribution in [0.5, 0.6) is 5.75 Å². The number of aromatic nitrogens is 2. The number of benzene rings is 2. The summed E-state index contributed by atoms with van der Waals surface area (Å²) in [4.78, 5) is 8.66. The minimum Gasteiger partial charge on any atom is -0.505 e. The van der Waals surface area contributed by atoms with Gasteiger partial charge in [-0.3, -0.25) is 9.97 Å². The van der Waals surface area contributed by atoms with Crippen LogP contribution in [0.2, 0.25) is 0 Å². The molecule has 1 N–H and O–H groups in total. The topological polar surface area (TPSA) is 46.0 Å². The number of halogens is 1. The van der Waals surface area contributed by atoms with Gasteiger partial charge in [0.05, 0.1) is 0 Å². The van der Waals surface area contributed by atoms with Gasteiger partial charge in [0.15, 0.2) is 11.6 Å². The maximum absolute atomic E-state index is 12.1. The molecule has 4 rings (SSSR count). The van der Waals surface area contributed by atoms with Crippen molar-refractivity contribution in [3.63, 3.8) is 0 Å². The Morgan fingerprint density at radius 3 is 1.59 bits per heavy atom. The van der Waals surface area contributed by atoms with Crippen molar-refractivity contribution < 1.29 is 30.6 Å². The predicted octanol–water partition coefficient (Wildman–Crippen LogP) is 5.14. The monoisotopic (exact) mass is 538 g/mol. The molecule has 0 spiro atoms. The van der Waals surface area contributed by atoms with Gasteiger partial charge in [-0.1, -0.05) is 47.5 Å². The molecule has 0 atom stereocenters. The van der Waals surface area contributed by atoms with Crippen molar-refractivity contribution >= 4 is 0 Å². The zero-order valence-electron chi connectivity index (χ0n) is 14.2. The summed E-state index contributed by atoms with van der Waals surface area (Å²) in [7, 11) is 0. The second kappa shape index (κ2) is 10.3. The molecule has 3 nitrogen and oxygen atoms in total. The first kappa shape index (κ1) is 20.5. The molecule has 0 aliphatic carbocycles. The Bertz CT molecular complexity index is 890. The molecule has 5 heteroatoms. The standard InChI is InChI=1S/C16H11N2.C6H5FO.Pt/c1-3-10-17-15(8-1)13-6-5-7-14(12-13)16-9-2-4-11-18-16;7-5-3-1-2-4-6(5)8;/h1-11H;1-4,8H;/q-1;;. The molecule has 0 radical (unpaired) electrons. The van der Waals surface area contributed by atoms with E-state index in [1.807, 2.05) is 54.6 Å². The van der Waals surface area contributed by atoms with Gasteiger partial charge in [0.25, 0.3) is 0 Å². The molecule has 0 saturated heterocycles. The Kier molecular flexibility index (Phi) is 7.84. The minimum atomic E-state index is -0.576. The predicted molar refractivity (Wildman–Crippen MR) is 99.8 cm³/mol. The van der Waals surface area contributed by atoms with Crippen molar-refractivity contribution in [2.75, 3.05) is 0 Å². The Morgan fingerprint density at radius 1 is 0.667 bits per heavy atom. The van der Waals surface area contributed by atoms with Crippen LogP contribution in [0, 0.1) is 11.9 Å². The van der Waals surface area contributed by atoms with Crippen LogP contribution in [0.1, 0.15) is 0 Å². The Labute approximate surface area is 171 Å². The van der Waals surface area contributed by atoms with Gasteiger partial charge in [-0.2, -0.15) is 0 Å². The van der Waals surface area contributed by atoms with Crippen LogP contribution in [0.25, 0.3) is 22.5 Å². The molecule has 0 aliphatic heterocycles. The zero-order chi connectivity index (χ0) is 18.2. The molecule has 2 heterocycles. The normalized spacial score (nSPS) is 9.52. The number of hydrogen-bond donors (Lipinski definition) is 1. The zero-order valence-corrected chi connectivity index (χ0v) is 16.5. The number of nitrogens with zero attached hydrogens (tertiary/aromatic N) is 2. The van der Waals surface area contributed by atoms with Crippen LogP contribution >= 0.6 is 0 Å². The molecule has 0 bridgehead atoms. The van der Waals surface area contributed by atoms with Crippen LogP contribution < -0.4 is 0 Å². The van der Waals surface area contributed by atoms with E-state index in [-0.39, 0.29) is 26.8 Å². The molecular weight excluding hydrogens is 522 g/mol. The fourth-order valence-electron chi connectivity index (χ4n) is 2.26. The molecular formula is C22H16FN2OPt-. The van der Waals surface area contributed by atoms with Crippen molar-refractivity contribution in [3.05, 3.63) is 103 Å². The number of aromatic hydroxyl groups is 1. The molecule has 138 valence electrons. The smallest absolute Gasteiger partial charge is 0.164 e. The van der Waals surface area contributed by atoms with Gasteiger partial charge in [0, 0.05) is 44.8 Å². The third-order valence-corrected chi connectivity index (χ3v) is 3.53. The second-order valence-electron chi connectivity index (χ2n) is 5.36. The van der Waals surface area contributed by atoms with Crippen LogP contribution in [0.4, 0.5) is 4.39 Å². The fraction of sp³-hybridized carbons (Fsp3) is 0. The van der Waals surface area contributed by atoms with Crippen LogP contribution in [0.15, 0.2) is 91.3 Å². The van der Waals surface area contributed by atoms with Crippen molar-refractivity contribution in [3.8, 4) is 28.3 Å². The van der Waals surface area contributed by atoms with Crippen molar-refractivity contribution in [2.45, 2.75) is 0 Å². The summed E-state index contributed by atoms with van der Waals surface area (Å²) in [6, 6.07) is 26.7. The van der Waals surface area contributed by atoms with Crippen molar-refractivity contribution in [1.82, 2.24) is 9.97 Å². The number of pyridine rings is 2. The average Bonchev–Trinajstić information content (AvgIpc) is 2.72. The first-order valence-corrected chi connectivity index (χ1v) is 8.02. The summed E-state index contributed by atoms with van der Waals surface area (Å²) >= 11 is 0. The number of phenolic OH excluding ortho intramolecular Hbond substituents is 1. The van der Waals surface area contributed by atoms with Gasteiger partial charge in [-0.15, -0.1) is 24.3 Å². The summed E-state index contributed by atoms with van der Waals surface area (Å²) < 4.78 is 12.1. The molecule has 2 aromatic heterocycles. The van der Waals surface area contributed by atoms with E-state index in [2.05, 4.69) is 16.0 Å². The summed E-state index contributed by atoms with van der Waals surface area (Å²) in [5.41, 5.74) is 3.82. The van der Waals surface area contributed by atoms with Gasteiger partial charge in [-0.25, -0.2) is 4.39 Å². The Hall–Kier alpha value is -2.84. The number of para-hydroxylation sites is 1. The van der Waals surface area contributed by atoms with E-state index in [1.165, 1.54) is 18.2 Å². The molecule has 0 amide bonds. The molecule has 0 saturated carbocycles. The van der Waals surface area contributed by atoms with E-state index < -0.39 is 5.82 Å². The summed E-state index contributed by atoms with van der Waals surface area (Å²) in [6.07, 6.45) is 3.58.